The summed E-state index contributed by atoms with van der Waals surface area (Å²) in [6.45, 7) is 3.16. The van der Waals surface area contributed by atoms with Crippen LogP contribution >= 0.6 is 0 Å². The van der Waals surface area contributed by atoms with Crippen LogP contribution in [0.1, 0.15) is 11.1 Å². The molecule has 1 amide bonds. The van der Waals surface area contributed by atoms with Crippen molar-refractivity contribution in [2.45, 2.75) is 13.3 Å². The molecule has 0 aliphatic heterocycles. The second-order valence-electron chi connectivity index (χ2n) is 5.79. The summed E-state index contributed by atoms with van der Waals surface area (Å²) in [4.78, 5) is 20.4. The molecule has 2 aromatic heterocycles. The molecule has 25 heavy (non-hydrogen) atoms. The first-order chi connectivity index (χ1) is 12.2. The second-order valence-corrected chi connectivity index (χ2v) is 5.79. The van der Waals surface area contributed by atoms with Crippen molar-refractivity contribution in [1.82, 2.24) is 19.9 Å². The maximum absolute atomic E-state index is 12.0. The molecule has 0 bridgehead atoms. The molecule has 6 heteroatoms. The van der Waals surface area contributed by atoms with Crippen LogP contribution in [0.2, 0.25) is 0 Å². The molecule has 2 N–H and O–H groups in total. The highest BCUT2D eigenvalue weighted by Gasteiger charge is 2.03. The summed E-state index contributed by atoms with van der Waals surface area (Å²) in [5.41, 5.74) is 2.19. The molecule has 0 atom stereocenters. The predicted molar refractivity (Wildman–Crippen MR) is 97.7 cm³/mol. The number of hydrogen-bond acceptors (Lipinski definition) is 4. The van der Waals surface area contributed by atoms with Crippen molar-refractivity contribution in [3.05, 3.63) is 72.3 Å². The lowest BCUT2D eigenvalue weighted by molar-refractivity contribution is -0.120. The third-order valence-electron chi connectivity index (χ3n) is 3.72. The van der Waals surface area contributed by atoms with Crippen molar-refractivity contribution in [2.75, 3.05) is 18.4 Å². The third kappa shape index (κ3) is 4.91. The van der Waals surface area contributed by atoms with Gasteiger partial charge in [0.15, 0.2) is 0 Å². The zero-order valence-corrected chi connectivity index (χ0v) is 14.1. The number of hydrogen-bond donors (Lipinski definition) is 2. The molecule has 0 aliphatic carbocycles. The summed E-state index contributed by atoms with van der Waals surface area (Å²) >= 11 is 0. The predicted octanol–water partition coefficient (Wildman–Crippen LogP) is 2.35. The molecule has 0 aliphatic rings. The Kier molecular flexibility index (Phi) is 5.41. The van der Waals surface area contributed by atoms with Gasteiger partial charge in [-0.2, -0.15) is 0 Å². The Labute approximate surface area is 146 Å². The van der Waals surface area contributed by atoms with E-state index >= 15 is 0 Å². The first kappa shape index (κ1) is 16.7. The Balaban J connectivity index is 1.44. The van der Waals surface area contributed by atoms with Crippen LogP contribution in [0.3, 0.4) is 0 Å². The van der Waals surface area contributed by atoms with Gasteiger partial charge in [-0.15, -0.1) is 0 Å². The first-order valence-electron chi connectivity index (χ1n) is 8.22. The van der Waals surface area contributed by atoms with E-state index in [1.165, 1.54) is 6.33 Å². The molecule has 0 fully saturated rings. The first-order valence-corrected chi connectivity index (χ1v) is 8.22. The van der Waals surface area contributed by atoms with Crippen molar-refractivity contribution in [3.63, 3.8) is 0 Å². The number of carbonyl (C=O) groups excluding carboxylic acids is 1. The highest BCUT2D eigenvalue weighted by molar-refractivity contribution is 5.78. The van der Waals surface area contributed by atoms with Crippen LogP contribution in [0, 0.1) is 6.92 Å². The fraction of sp³-hybridized carbons (Fsp3) is 0.211. The fourth-order valence-corrected chi connectivity index (χ4v) is 2.53. The standard InChI is InChI=1S/C19H21N5O/c1-15-5-4-6-16(11-15)12-19(25)21-8-7-20-17-13-18(23-14-22-17)24-9-2-3-10-24/h2-6,9-11,13-14H,7-8,12H2,1H3,(H,21,25)(H,20,22,23). The average molecular weight is 335 g/mol. The molecular weight excluding hydrogens is 314 g/mol. The van der Waals surface area contributed by atoms with Crippen LogP contribution in [0.15, 0.2) is 61.2 Å². The Hall–Kier alpha value is -3.15. The van der Waals surface area contributed by atoms with Crippen LogP contribution in [0.25, 0.3) is 5.82 Å². The molecule has 0 saturated carbocycles. The minimum atomic E-state index is 0.0168. The van der Waals surface area contributed by atoms with Crippen molar-refractivity contribution < 1.29 is 4.79 Å². The van der Waals surface area contributed by atoms with E-state index < -0.39 is 0 Å². The maximum atomic E-state index is 12.0. The van der Waals surface area contributed by atoms with Gasteiger partial charge in [0.2, 0.25) is 5.91 Å². The van der Waals surface area contributed by atoms with Crippen LogP contribution in [-0.2, 0) is 11.2 Å². The van der Waals surface area contributed by atoms with E-state index in [9.17, 15) is 4.79 Å². The molecule has 1 aromatic carbocycles. The molecular formula is C19H21N5O. The Morgan fingerprint density at radius 3 is 2.72 bits per heavy atom. The number of carbonyl (C=O) groups is 1. The van der Waals surface area contributed by atoms with E-state index in [0.29, 0.717) is 19.5 Å². The van der Waals surface area contributed by atoms with Gasteiger partial charge in [-0.3, -0.25) is 4.79 Å². The van der Waals surface area contributed by atoms with Crippen molar-refractivity contribution in [3.8, 4) is 5.82 Å². The van der Waals surface area contributed by atoms with Crippen LogP contribution in [0.5, 0.6) is 0 Å². The number of nitrogens with zero attached hydrogens (tertiary/aromatic N) is 3. The average Bonchev–Trinajstić information content (AvgIpc) is 3.14. The number of benzene rings is 1. The molecule has 0 unspecified atom stereocenters. The summed E-state index contributed by atoms with van der Waals surface area (Å²) in [5, 5.41) is 6.11. The topological polar surface area (TPSA) is 71.8 Å². The number of amides is 1. The number of nitrogens with one attached hydrogen (secondary N) is 2. The van der Waals surface area contributed by atoms with Gasteiger partial charge < -0.3 is 15.2 Å². The van der Waals surface area contributed by atoms with E-state index in [0.717, 1.165) is 22.8 Å². The summed E-state index contributed by atoms with van der Waals surface area (Å²) in [7, 11) is 0. The number of aryl methyl sites for hydroxylation is 1. The number of rotatable bonds is 7. The highest BCUT2D eigenvalue weighted by Crippen LogP contribution is 2.08. The molecule has 3 rings (SSSR count). The summed E-state index contributed by atoms with van der Waals surface area (Å²) < 4.78 is 1.91. The van der Waals surface area contributed by atoms with Gasteiger partial charge in [0, 0.05) is 31.5 Å². The molecule has 128 valence electrons. The molecule has 0 radical (unpaired) electrons. The van der Waals surface area contributed by atoms with E-state index in [-0.39, 0.29) is 5.91 Å². The Morgan fingerprint density at radius 2 is 1.92 bits per heavy atom. The lowest BCUT2D eigenvalue weighted by Crippen LogP contribution is -2.30. The maximum Gasteiger partial charge on any atom is 0.224 e. The zero-order valence-electron chi connectivity index (χ0n) is 14.1. The number of aromatic nitrogens is 3. The molecule has 3 aromatic rings. The minimum Gasteiger partial charge on any atom is -0.368 e. The lowest BCUT2D eigenvalue weighted by atomic mass is 10.1. The SMILES string of the molecule is Cc1cccc(CC(=O)NCCNc2cc(-n3cccc3)ncn2)c1. The van der Waals surface area contributed by atoms with E-state index in [2.05, 4.69) is 20.6 Å². The molecule has 0 spiro atoms. The van der Waals surface area contributed by atoms with E-state index in [1.807, 2.05) is 66.3 Å². The van der Waals surface area contributed by atoms with Crippen LogP contribution in [-0.4, -0.2) is 33.5 Å². The summed E-state index contributed by atoms with van der Waals surface area (Å²) in [5.74, 6) is 1.54. The van der Waals surface area contributed by atoms with Crippen molar-refractivity contribution >= 4 is 11.7 Å². The van der Waals surface area contributed by atoms with Gasteiger partial charge in [0.05, 0.1) is 6.42 Å². The summed E-state index contributed by atoms with van der Waals surface area (Å²) in [6.07, 6.45) is 5.77. The van der Waals surface area contributed by atoms with Gasteiger partial charge in [0.1, 0.15) is 18.0 Å². The Morgan fingerprint density at radius 1 is 1.08 bits per heavy atom. The van der Waals surface area contributed by atoms with Gasteiger partial charge in [-0.1, -0.05) is 29.8 Å². The third-order valence-corrected chi connectivity index (χ3v) is 3.72. The molecule has 0 saturated heterocycles. The highest BCUT2D eigenvalue weighted by atomic mass is 16.1. The Bertz CT molecular complexity index is 829. The van der Waals surface area contributed by atoms with Crippen molar-refractivity contribution in [2.24, 2.45) is 0 Å². The smallest absolute Gasteiger partial charge is 0.224 e. The van der Waals surface area contributed by atoms with Crippen LogP contribution in [0.4, 0.5) is 5.82 Å². The molecule has 2 heterocycles. The second kappa shape index (κ2) is 8.10. The number of anilines is 1. The zero-order chi connectivity index (χ0) is 17.5. The summed E-state index contributed by atoms with van der Waals surface area (Å²) in [6, 6.07) is 13.7. The van der Waals surface area contributed by atoms with Crippen molar-refractivity contribution in [1.29, 1.82) is 0 Å². The van der Waals surface area contributed by atoms with Crippen LogP contribution < -0.4 is 10.6 Å². The van der Waals surface area contributed by atoms with Gasteiger partial charge in [-0.05, 0) is 24.6 Å². The largest absolute Gasteiger partial charge is 0.368 e. The fourth-order valence-electron chi connectivity index (χ4n) is 2.53. The van der Waals surface area contributed by atoms with Gasteiger partial charge >= 0.3 is 0 Å². The normalized spacial score (nSPS) is 10.4. The van der Waals surface area contributed by atoms with E-state index in [1.54, 1.807) is 0 Å². The monoisotopic (exact) mass is 335 g/mol. The van der Waals surface area contributed by atoms with Gasteiger partial charge in [-0.25, -0.2) is 9.97 Å². The minimum absolute atomic E-state index is 0.0168. The molecule has 6 nitrogen and oxygen atoms in total. The quantitative estimate of drug-likeness (QED) is 0.650. The van der Waals surface area contributed by atoms with Gasteiger partial charge in [0.25, 0.3) is 0 Å². The van der Waals surface area contributed by atoms with E-state index in [4.69, 9.17) is 0 Å². The lowest BCUT2D eigenvalue weighted by Gasteiger charge is -2.09.